The summed E-state index contributed by atoms with van der Waals surface area (Å²) in [7, 11) is 0. The van der Waals surface area contributed by atoms with Gasteiger partial charge in [0, 0.05) is 0 Å². The lowest BCUT2D eigenvalue weighted by Gasteiger charge is -2.19. The standard InChI is InChI=1S/C62H58/c1-59(2,3)39-17-13-35(14-18-39)37-27-51-45-25-26-46-50(49(45)33-55-43-23-21-41(61(7,8)9)31-47(43)53(29-37)57(51)55)34-56-44-24-22-42(62(10,11)12)32-48(44)54-30-38(28-52(46)58(54)56)36-15-19-40(20-16-36)60(4,5)6/h13-34H,1-12H3. The molecule has 11 aromatic carbocycles. The number of benzene rings is 9. The molecule has 0 radical (unpaired) electrons. The minimum absolute atomic E-state index is 0.0459. The summed E-state index contributed by atoms with van der Waals surface area (Å²) in [6, 6.07) is 53.0. The molecule has 0 aliphatic heterocycles. The Labute approximate surface area is 367 Å². The lowest BCUT2D eigenvalue weighted by atomic mass is 9.85. The molecule has 62 heavy (non-hydrogen) atoms. The fourth-order valence-corrected chi connectivity index (χ4v) is 10.6. The van der Waals surface area contributed by atoms with E-state index in [1.165, 1.54) is 131 Å². The molecule has 0 spiro atoms. The average Bonchev–Trinajstić information content (AvgIpc) is 3.71. The summed E-state index contributed by atoms with van der Waals surface area (Å²) >= 11 is 0. The molecule has 0 aliphatic carbocycles. The van der Waals surface area contributed by atoms with Crippen LogP contribution in [0.25, 0.3) is 108 Å². The van der Waals surface area contributed by atoms with E-state index >= 15 is 0 Å². The van der Waals surface area contributed by atoms with Gasteiger partial charge in [0.1, 0.15) is 0 Å². The van der Waals surface area contributed by atoms with Gasteiger partial charge in [0.05, 0.1) is 0 Å². The molecule has 0 saturated heterocycles. The van der Waals surface area contributed by atoms with Crippen LogP contribution < -0.4 is 0 Å². The highest BCUT2D eigenvalue weighted by atomic mass is 14.3. The molecule has 0 heterocycles. The Morgan fingerprint density at radius 1 is 0.194 bits per heavy atom. The van der Waals surface area contributed by atoms with Gasteiger partial charge in [-0.25, -0.2) is 0 Å². The van der Waals surface area contributed by atoms with Gasteiger partial charge < -0.3 is 0 Å². The number of hydrogen-bond donors (Lipinski definition) is 0. The van der Waals surface area contributed by atoms with Gasteiger partial charge in [0.25, 0.3) is 0 Å². The van der Waals surface area contributed by atoms with E-state index in [0.29, 0.717) is 0 Å². The third-order valence-electron chi connectivity index (χ3n) is 14.4. The van der Waals surface area contributed by atoms with Crippen LogP contribution in [0.3, 0.4) is 0 Å². The molecule has 0 heteroatoms. The molecule has 11 rings (SSSR count). The van der Waals surface area contributed by atoms with Gasteiger partial charge >= 0.3 is 0 Å². The Hall–Kier alpha value is -5.98. The third kappa shape index (κ3) is 5.86. The first-order valence-corrected chi connectivity index (χ1v) is 22.7. The number of rotatable bonds is 2. The van der Waals surface area contributed by atoms with Gasteiger partial charge in [0.15, 0.2) is 0 Å². The van der Waals surface area contributed by atoms with Gasteiger partial charge in [0.2, 0.25) is 0 Å². The van der Waals surface area contributed by atoms with Crippen LogP contribution in [0.4, 0.5) is 0 Å². The first kappa shape index (κ1) is 38.9. The van der Waals surface area contributed by atoms with Crippen LogP contribution in [0.15, 0.2) is 133 Å². The van der Waals surface area contributed by atoms with Crippen molar-refractivity contribution >= 4 is 86.2 Å². The van der Waals surface area contributed by atoms with E-state index in [2.05, 4.69) is 217 Å². The number of hydrogen-bond acceptors (Lipinski definition) is 0. The van der Waals surface area contributed by atoms with Gasteiger partial charge in [-0.05, 0) is 201 Å². The van der Waals surface area contributed by atoms with Crippen molar-refractivity contribution in [2.24, 2.45) is 0 Å². The van der Waals surface area contributed by atoms with Crippen molar-refractivity contribution in [1.29, 1.82) is 0 Å². The first-order valence-electron chi connectivity index (χ1n) is 22.7. The summed E-state index contributed by atoms with van der Waals surface area (Å²) in [5.41, 5.74) is 10.8. The number of fused-ring (bicyclic) bond motifs is 11. The largest absolute Gasteiger partial charge is 0.0579 e. The second kappa shape index (κ2) is 12.8. The lowest BCUT2D eigenvalue weighted by Crippen LogP contribution is -2.10. The Morgan fingerprint density at radius 3 is 0.742 bits per heavy atom. The van der Waals surface area contributed by atoms with E-state index < -0.39 is 0 Å². The van der Waals surface area contributed by atoms with Crippen molar-refractivity contribution in [2.45, 2.75) is 105 Å². The molecule has 0 saturated carbocycles. The predicted octanol–water partition coefficient (Wildman–Crippen LogP) is 18.3. The fraction of sp³-hybridized carbons (Fsp3) is 0.258. The second-order valence-electron chi connectivity index (χ2n) is 22.7. The predicted molar refractivity (Wildman–Crippen MR) is 275 cm³/mol. The Bertz CT molecular complexity index is 3360. The van der Waals surface area contributed by atoms with Crippen LogP contribution in [0.5, 0.6) is 0 Å². The summed E-state index contributed by atoms with van der Waals surface area (Å²) in [6.45, 7) is 27.7. The van der Waals surface area contributed by atoms with Crippen LogP contribution in [-0.4, -0.2) is 0 Å². The lowest BCUT2D eigenvalue weighted by molar-refractivity contribution is 0.590. The van der Waals surface area contributed by atoms with E-state index in [4.69, 9.17) is 0 Å². The molecule has 0 amide bonds. The molecule has 0 N–H and O–H groups in total. The molecular weight excluding hydrogens is 745 g/mol. The van der Waals surface area contributed by atoms with E-state index in [9.17, 15) is 0 Å². The van der Waals surface area contributed by atoms with Crippen LogP contribution in [0, 0.1) is 0 Å². The zero-order chi connectivity index (χ0) is 43.4. The monoisotopic (exact) mass is 802 g/mol. The molecule has 306 valence electrons. The molecule has 0 bridgehead atoms. The summed E-state index contributed by atoms with van der Waals surface area (Å²) < 4.78 is 0. The van der Waals surface area contributed by atoms with E-state index in [1.54, 1.807) is 0 Å². The summed E-state index contributed by atoms with van der Waals surface area (Å²) in [5, 5.41) is 21.5. The Kier molecular flexibility index (Phi) is 8.03. The minimum Gasteiger partial charge on any atom is -0.0579 e. The van der Waals surface area contributed by atoms with Gasteiger partial charge in [-0.15, -0.1) is 0 Å². The molecule has 11 aromatic rings. The normalized spacial score (nSPS) is 13.5. The van der Waals surface area contributed by atoms with Crippen molar-refractivity contribution in [1.82, 2.24) is 0 Å². The van der Waals surface area contributed by atoms with Crippen molar-refractivity contribution < 1.29 is 0 Å². The second-order valence-corrected chi connectivity index (χ2v) is 22.7. The highest BCUT2D eigenvalue weighted by Gasteiger charge is 2.24. The summed E-state index contributed by atoms with van der Waals surface area (Å²) in [6.07, 6.45) is 0. The molecule has 0 aliphatic rings. The summed E-state index contributed by atoms with van der Waals surface area (Å²) in [4.78, 5) is 0. The Morgan fingerprint density at radius 2 is 0.435 bits per heavy atom. The maximum Gasteiger partial charge on any atom is -0.00195 e. The van der Waals surface area contributed by atoms with Crippen molar-refractivity contribution in [3.8, 4) is 22.3 Å². The van der Waals surface area contributed by atoms with Gasteiger partial charge in [-0.2, -0.15) is 0 Å². The maximum absolute atomic E-state index is 2.54. The molecule has 0 atom stereocenters. The zero-order valence-electron chi connectivity index (χ0n) is 38.7. The third-order valence-corrected chi connectivity index (χ3v) is 14.4. The van der Waals surface area contributed by atoms with E-state index in [1.807, 2.05) is 0 Å². The maximum atomic E-state index is 2.54. The van der Waals surface area contributed by atoms with Gasteiger partial charge in [-0.3, -0.25) is 0 Å². The topological polar surface area (TPSA) is 0 Å². The smallest absolute Gasteiger partial charge is 0.00195 e. The van der Waals surface area contributed by atoms with Crippen LogP contribution >= 0.6 is 0 Å². The first-order chi connectivity index (χ1) is 29.2. The Balaban J connectivity index is 1.27. The van der Waals surface area contributed by atoms with Crippen LogP contribution in [0.1, 0.15) is 105 Å². The van der Waals surface area contributed by atoms with Crippen molar-refractivity contribution in [3.63, 3.8) is 0 Å². The molecule has 0 aromatic heterocycles. The minimum atomic E-state index is 0.0459. The zero-order valence-corrected chi connectivity index (χ0v) is 38.7. The highest BCUT2D eigenvalue weighted by Crippen LogP contribution is 2.50. The van der Waals surface area contributed by atoms with Crippen molar-refractivity contribution in [3.05, 3.63) is 156 Å². The molecular formula is C62H58. The van der Waals surface area contributed by atoms with E-state index in [0.717, 1.165) is 0 Å². The molecule has 0 fully saturated rings. The van der Waals surface area contributed by atoms with Crippen LogP contribution in [-0.2, 0) is 21.7 Å². The van der Waals surface area contributed by atoms with Gasteiger partial charge in [-0.1, -0.05) is 168 Å². The summed E-state index contributed by atoms with van der Waals surface area (Å²) in [5.74, 6) is 0. The SMILES string of the molecule is CC(C)(C)c1ccc(-c2cc3c4ccc5c(cc6c7ccc(C(C)(C)C)cc7c7cc(-c8ccc(C(C)(C)C)cc8)cc5c76)c4cc4c5ccc(C(C)(C)C)cc5c(c2)c34)cc1. The highest BCUT2D eigenvalue weighted by molar-refractivity contribution is 6.40. The quantitative estimate of drug-likeness (QED) is 0.153. The van der Waals surface area contributed by atoms with Crippen LogP contribution in [0.2, 0.25) is 0 Å². The van der Waals surface area contributed by atoms with E-state index in [-0.39, 0.29) is 21.7 Å². The fourth-order valence-electron chi connectivity index (χ4n) is 10.6. The molecule has 0 nitrogen and oxygen atoms in total. The van der Waals surface area contributed by atoms with Crippen molar-refractivity contribution in [2.75, 3.05) is 0 Å². The molecule has 0 unspecified atom stereocenters. The average molecular weight is 803 g/mol.